The molecule has 2 rings (SSSR count). The Labute approximate surface area is 145 Å². The summed E-state index contributed by atoms with van der Waals surface area (Å²) in [5.41, 5.74) is 2.98. The molecule has 4 heteroatoms. The molecule has 132 valence electrons. The first-order valence-corrected chi connectivity index (χ1v) is 8.61. The Morgan fingerprint density at radius 1 is 1.29 bits per heavy atom. The van der Waals surface area contributed by atoms with Gasteiger partial charge in [-0.15, -0.1) is 0 Å². The number of rotatable bonds is 6. The number of hydrogen-bond acceptors (Lipinski definition) is 4. The largest absolute Gasteiger partial charge is 0.495 e. The molecular weight excluding hydrogens is 302 g/mol. The summed E-state index contributed by atoms with van der Waals surface area (Å²) >= 11 is 0. The van der Waals surface area contributed by atoms with Crippen molar-refractivity contribution in [2.75, 3.05) is 19.1 Å². The molecular formula is C20H29NO3. The van der Waals surface area contributed by atoms with Gasteiger partial charge in [0.05, 0.1) is 25.4 Å². The summed E-state index contributed by atoms with van der Waals surface area (Å²) in [6.45, 7) is 8.51. The molecule has 0 amide bonds. The number of benzene rings is 1. The van der Waals surface area contributed by atoms with Crippen molar-refractivity contribution in [1.29, 1.82) is 0 Å². The third-order valence-electron chi connectivity index (χ3n) is 4.69. The maximum Gasteiger partial charge on any atom is 0.328 e. The monoisotopic (exact) mass is 331 g/mol. The van der Waals surface area contributed by atoms with Crippen LogP contribution in [0.3, 0.4) is 0 Å². The highest BCUT2D eigenvalue weighted by Crippen LogP contribution is 2.46. The van der Waals surface area contributed by atoms with Crippen molar-refractivity contribution in [3.05, 3.63) is 29.8 Å². The van der Waals surface area contributed by atoms with Crippen molar-refractivity contribution in [1.82, 2.24) is 0 Å². The van der Waals surface area contributed by atoms with E-state index in [9.17, 15) is 4.79 Å². The summed E-state index contributed by atoms with van der Waals surface area (Å²) in [5.74, 6) is 0.597. The van der Waals surface area contributed by atoms with Gasteiger partial charge in [0, 0.05) is 5.56 Å². The van der Waals surface area contributed by atoms with Crippen LogP contribution in [0.15, 0.2) is 24.3 Å². The van der Waals surface area contributed by atoms with E-state index in [1.165, 1.54) is 12.7 Å². The number of esters is 1. The Hall–Kier alpha value is -1.97. The average molecular weight is 331 g/mol. The van der Waals surface area contributed by atoms with Gasteiger partial charge in [0.25, 0.3) is 0 Å². The molecule has 4 nitrogen and oxygen atoms in total. The van der Waals surface area contributed by atoms with Crippen molar-refractivity contribution in [3.8, 4) is 5.75 Å². The van der Waals surface area contributed by atoms with Gasteiger partial charge in [0.1, 0.15) is 11.8 Å². The number of hydrogen-bond donors (Lipinski definition) is 0. The molecule has 1 aliphatic heterocycles. The lowest BCUT2D eigenvalue weighted by molar-refractivity contribution is -0.142. The van der Waals surface area contributed by atoms with E-state index in [4.69, 9.17) is 9.47 Å². The Morgan fingerprint density at radius 3 is 2.58 bits per heavy atom. The van der Waals surface area contributed by atoms with Crippen LogP contribution in [0.25, 0.3) is 5.57 Å². The summed E-state index contributed by atoms with van der Waals surface area (Å²) in [5, 5.41) is 0. The SMILES string of the molecule is CCCC[C@H](C(=O)OC)N1c2c(OC)cccc2C(C)=CC1(C)C. The molecule has 0 spiro atoms. The zero-order chi connectivity index (χ0) is 17.9. The molecule has 24 heavy (non-hydrogen) atoms. The minimum Gasteiger partial charge on any atom is -0.495 e. The second kappa shape index (κ2) is 7.29. The van der Waals surface area contributed by atoms with Gasteiger partial charge in [0.15, 0.2) is 0 Å². The number of unbranched alkanes of at least 4 members (excludes halogenated alkanes) is 1. The number of para-hydroxylation sites is 1. The molecule has 0 N–H and O–H groups in total. The van der Waals surface area contributed by atoms with E-state index in [-0.39, 0.29) is 17.6 Å². The predicted molar refractivity (Wildman–Crippen MR) is 98.5 cm³/mol. The molecule has 1 aromatic carbocycles. The second-order valence-electron chi connectivity index (χ2n) is 6.89. The maximum atomic E-state index is 12.6. The lowest BCUT2D eigenvalue weighted by atomic mass is 9.86. The Kier molecular flexibility index (Phi) is 5.58. The lowest BCUT2D eigenvalue weighted by Crippen LogP contribution is -2.54. The molecule has 0 radical (unpaired) electrons. The number of carbonyl (C=O) groups is 1. The summed E-state index contributed by atoms with van der Waals surface area (Å²) in [6.07, 6.45) is 4.99. The number of anilines is 1. The smallest absolute Gasteiger partial charge is 0.328 e. The third-order valence-corrected chi connectivity index (χ3v) is 4.69. The number of ether oxygens (including phenoxy) is 2. The first kappa shape index (κ1) is 18.4. The molecule has 0 fully saturated rings. The number of methoxy groups -OCH3 is 2. The van der Waals surface area contributed by atoms with Gasteiger partial charge in [-0.2, -0.15) is 0 Å². The third kappa shape index (κ3) is 3.28. The van der Waals surface area contributed by atoms with E-state index in [2.05, 4.69) is 44.7 Å². The summed E-state index contributed by atoms with van der Waals surface area (Å²) in [6, 6.07) is 5.70. The minimum absolute atomic E-state index is 0.193. The van der Waals surface area contributed by atoms with Crippen LogP contribution in [0.4, 0.5) is 5.69 Å². The Morgan fingerprint density at radius 2 is 2.00 bits per heavy atom. The predicted octanol–water partition coefficient (Wildman–Crippen LogP) is 4.43. The zero-order valence-electron chi connectivity index (χ0n) is 15.7. The normalized spacial score (nSPS) is 16.9. The van der Waals surface area contributed by atoms with Crippen molar-refractivity contribution < 1.29 is 14.3 Å². The van der Waals surface area contributed by atoms with E-state index in [1.807, 2.05) is 12.1 Å². The number of fused-ring (bicyclic) bond motifs is 1. The van der Waals surface area contributed by atoms with Crippen LogP contribution in [0.5, 0.6) is 5.75 Å². The fourth-order valence-electron chi connectivity index (χ4n) is 3.66. The van der Waals surface area contributed by atoms with Crippen LogP contribution in [-0.4, -0.2) is 31.8 Å². The van der Waals surface area contributed by atoms with Crippen molar-refractivity contribution >= 4 is 17.2 Å². The molecule has 0 saturated heterocycles. The quantitative estimate of drug-likeness (QED) is 0.723. The topological polar surface area (TPSA) is 38.8 Å². The van der Waals surface area contributed by atoms with Gasteiger partial charge in [-0.3, -0.25) is 0 Å². The first-order chi connectivity index (χ1) is 11.4. The first-order valence-electron chi connectivity index (χ1n) is 8.61. The standard InChI is InChI=1S/C20H29NO3/c1-7-8-11-16(19(22)24-6)21-18-15(10-9-12-17(18)23-5)14(2)13-20(21,3)4/h9-10,12-13,16H,7-8,11H2,1-6H3/t16-/m1/s1. The number of allylic oxidation sites excluding steroid dienone is 1. The van der Waals surface area contributed by atoms with E-state index in [0.29, 0.717) is 0 Å². The average Bonchev–Trinajstić information content (AvgIpc) is 2.55. The van der Waals surface area contributed by atoms with Crippen LogP contribution in [-0.2, 0) is 9.53 Å². The van der Waals surface area contributed by atoms with Crippen LogP contribution in [0.1, 0.15) is 52.5 Å². The molecule has 0 aliphatic carbocycles. The molecule has 0 saturated carbocycles. The highest BCUT2D eigenvalue weighted by Gasteiger charge is 2.41. The van der Waals surface area contributed by atoms with Crippen LogP contribution in [0.2, 0.25) is 0 Å². The highest BCUT2D eigenvalue weighted by molar-refractivity contribution is 5.89. The summed E-state index contributed by atoms with van der Waals surface area (Å²) in [4.78, 5) is 14.7. The zero-order valence-corrected chi connectivity index (χ0v) is 15.7. The lowest BCUT2D eigenvalue weighted by Gasteiger charge is -2.47. The molecule has 1 heterocycles. The van der Waals surface area contributed by atoms with Crippen molar-refractivity contribution in [3.63, 3.8) is 0 Å². The van der Waals surface area contributed by atoms with E-state index in [1.54, 1.807) is 7.11 Å². The van der Waals surface area contributed by atoms with Gasteiger partial charge < -0.3 is 14.4 Å². The van der Waals surface area contributed by atoms with Crippen molar-refractivity contribution in [2.24, 2.45) is 0 Å². The number of nitrogens with zero attached hydrogens (tertiary/aromatic N) is 1. The van der Waals surface area contributed by atoms with Crippen LogP contribution in [0, 0.1) is 0 Å². The summed E-state index contributed by atoms with van der Waals surface area (Å²) in [7, 11) is 3.14. The Bertz CT molecular complexity index is 634. The maximum absolute atomic E-state index is 12.6. The summed E-state index contributed by atoms with van der Waals surface area (Å²) < 4.78 is 10.8. The van der Waals surface area contributed by atoms with E-state index < -0.39 is 0 Å². The molecule has 0 aromatic heterocycles. The van der Waals surface area contributed by atoms with Crippen LogP contribution < -0.4 is 9.64 Å². The molecule has 1 aliphatic rings. The molecule has 1 atom stereocenters. The second-order valence-corrected chi connectivity index (χ2v) is 6.89. The fourth-order valence-corrected chi connectivity index (χ4v) is 3.66. The van der Waals surface area contributed by atoms with E-state index in [0.717, 1.165) is 36.3 Å². The van der Waals surface area contributed by atoms with E-state index >= 15 is 0 Å². The minimum atomic E-state index is -0.329. The molecule has 1 aromatic rings. The molecule has 0 bridgehead atoms. The van der Waals surface area contributed by atoms with Crippen molar-refractivity contribution in [2.45, 2.75) is 58.5 Å². The fraction of sp³-hybridized carbons (Fsp3) is 0.550. The highest BCUT2D eigenvalue weighted by atomic mass is 16.5. The van der Waals surface area contributed by atoms with Gasteiger partial charge in [-0.25, -0.2) is 4.79 Å². The van der Waals surface area contributed by atoms with Gasteiger partial charge in [-0.05, 0) is 38.8 Å². The van der Waals surface area contributed by atoms with Gasteiger partial charge in [-0.1, -0.05) is 38.0 Å². The van der Waals surface area contributed by atoms with Crippen LogP contribution >= 0.6 is 0 Å². The number of carbonyl (C=O) groups excluding carboxylic acids is 1. The molecule has 0 unspecified atom stereocenters. The van der Waals surface area contributed by atoms with Gasteiger partial charge >= 0.3 is 5.97 Å². The Balaban J connectivity index is 2.64. The van der Waals surface area contributed by atoms with Gasteiger partial charge in [0.2, 0.25) is 0 Å².